The van der Waals surface area contributed by atoms with E-state index < -0.39 is 0 Å². The number of nitrogens with zero attached hydrogens (tertiary/aromatic N) is 2. The molecule has 0 aliphatic carbocycles. The molecule has 27 heavy (non-hydrogen) atoms. The highest BCUT2D eigenvalue weighted by Gasteiger charge is 2.21. The molecule has 0 saturated carbocycles. The highest BCUT2D eigenvalue weighted by Crippen LogP contribution is 2.19. The second kappa shape index (κ2) is 8.71. The Balaban J connectivity index is 1.61. The number of urea groups is 1. The van der Waals surface area contributed by atoms with Crippen LogP contribution in [0.1, 0.15) is 42.5 Å². The number of carbonyl (C=O) groups is 2. The Bertz CT molecular complexity index is 791. The molecule has 1 N–H and O–H groups in total. The van der Waals surface area contributed by atoms with E-state index >= 15 is 0 Å². The summed E-state index contributed by atoms with van der Waals surface area (Å²) in [5, 5.41) is 3.01. The largest absolute Gasteiger partial charge is 0.338 e. The van der Waals surface area contributed by atoms with Crippen LogP contribution in [0.5, 0.6) is 0 Å². The molecule has 1 atom stereocenters. The summed E-state index contributed by atoms with van der Waals surface area (Å²) in [5.74, 6) is 0.213. The van der Waals surface area contributed by atoms with Crippen molar-refractivity contribution in [2.75, 3.05) is 13.6 Å². The van der Waals surface area contributed by atoms with Crippen LogP contribution in [0.2, 0.25) is 0 Å². The molecule has 3 rings (SSSR count). The summed E-state index contributed by atoms with van der Waals surface area (Å²) in [6.45, 7) is 3.89. The molecule has 142 valence electrons. The minimum Gasteiger partial charge on any atom is -0.338 e. The SMILES string of the molecule is C[C@H](c1ccccc1)N(C)C(=O)NCc1ccccc1CN1CCCC1=O. The van der Waals surface area contributed by atoms with Crippen molar-refractivity contribution in [3.8, 4) is 0 Å². The first-order valence-electron chi connectivity index (χ1n) is 9.46. The predicted molar refractivity (Wildman–Crippen MR) is 106 cm³/mol. The molecule has 1 saturated heterocycles. The molecule has 0 bridgehead atoms. The van der Waals surface area contributed by atoms with E-state index in [-0.39, 0.29) is 18.0 Å². The normalized spacial score (nSPS) is 14.9. The van der Waals surface area contributed by atoms with Crippen LogP contribution in [0.4, 0.5) is 4.79 Å². The third kappa shape index (κ3) is 4.67. The Morgan fingerprint density at radius 3 is 2.44 bits per heavy atom. The molecule has 1 aliphatic heterocycles. The van der Waals surface area contributed by atoms with Gasteiger partial charge in [-0.15, -0.1) is 0 Å². The summed E-state index contributed by atoms with van der Waals surface area (Å²) in [7, 11) is 1.81. The van der Waals surface area contributed by atoms with E-state index in [9.17, 15) is 9.59 Å². The first kappa shape index (κ1) is 19.0. The fraction of sp³-hybridized carbons (Fsp3) is 0.364. The Hall–Kier alpha value is -2.82. The van der Waals surface area contributed by atoms with Crippen molar-refractivity contribution in [3.63, 3.8) is 0 Å². The van der Waals surface area contributed by atoms with E-state index in [1.165, 1.54) is 0 Å². The van der Waals surface area contributed by atoms with Gasteiger partial charge in [-0.1, -0.05) is 54.6 Å². The van der Waals surface area contributed by atoms with Crippen LogP contribution in [0.25, 0.3) is 0 Å². The number of hydrogen-bond donors (Lipinski definition) is 1. The average Bonchev–Trinajstić information content (AvgIpc) is 3.11. The third-order valence-corrected chi connectivity index (χ3v) is 5.26. The first-order chi connectivity index (χ1) is 13.1. The van der Waals surface area contributed by atoms with Crippen LogP contribution in [0.15, 0.2) is 54.6 Å². The first-order valence-corrected chi connectivity index (χ1v) is 9.46. The molecule has 0 radical (unpaired) electrons. The lowest BCUT2D eigenvalue weighted by molar-refractivity contribution is -0.128. The molecule has 0 spiro atoms. The molecule has 2 aromatic rings. The van der Waals surface area contributed by atoms with Crippen molar-refractivity contribution in [2.24, 2.45) is 0 Å². The second-order valence-corrected chi connectivity index (χ2v) is 7.04. The van der Waals surface area contributed by atoms with E-state index in [2.05, 4.69) is 5.32 Å². The monoisotopic (exact) mass is 365 g/mol. The zero-order valence-electron chi connectivity index (χ0n) is 16.0. The molecule has 1 heterocycles. The van der Waals surface area contributed by atoms with E-state index in [1.54, 1.807) is 4.90 Å². The molecular weight excluding hydrogens is 338 g/mol. The quantitative estimate of drug-likeness (QED) is 0.848. The number of hydrogen-bond acceptors (Lipinski definition) is 2. The van der Waals surface area contributed by atoms with Gasteiger partial charge in [0.25, 0.3) is 0 Å². The molecule has 5 heteroatoms. The van der Waals surface area contributed by atoms with Crippen LogP contribution in [0.3, 0.4) is 0 Å². The van der Waals surface area contributed by atoms with Crippen LogP contribution in [-0.2, 0) is 17.9 Å². The van der Waals surface area contributed by atoms with Gasteiger partial charge in [-0.2, -0.15) is 0 Å². The van der Waals surface area contributed by atoms with Crippen LogP contribution in [-0.4, -0.2) is 35.3 Å². The topological polar surface area (TPSA) is 52.7 Å². The minimum absolute atomic E-state index is 0.0105. The van der Waals surface area contributed by atoms with Gasteiger partial charge in [-0.05, 0) is 30.0 Å². The fourth-order valence-corrected chi connectivity index (χ4v) is 3.39. The Morgan fingerprint density at radius 2 is 1.78 bits per heavy atom. The van der Waals surface area contributed by atoms with Gasteiger partial charge in [-0.3, -0.25) is 4.79 Å². The van der Waals surface area contributed by atoms with E-state index in [4.69, 9.17) is 0 Å². The van der Waals surface area contributed by atoms with Crippen LogP contribution >= 0.6 is 0 Å². The van der Waals surface area contributed by atoms with Gasteiger partial charge in [0.1, 0.15) is 0 Å². The van der Waals surface area contributed by atoms with Gasteiger partial charge in [0.15, 0.2) is 0 Å². The van der Waals surface area contributed by atoms with Crippen molar-refractivity contribution >= 4 is 11.9 Å². The fourth-order valence-electron chi connectivity index (χ4n) is 3.39. The maximum Gasteiger partial charge on any atom is 0.317 e. The molecule has 0 aromatic heterocycles. The standard InChI is InChI=1S/C22H27N3O2/c1-17(18-9-4-3-5-10-18)24(2)22(27)23-15-19-11-6-7-12-20(19)16-25-14-8-13-21(25)26/h3-7,9-12,17H,8,13-16H2,1-2H3,(H,23,27)/t17-/m1/s1. The van der Waals surface area contributed by atoms with Crippen molar-refractivity contribution in [1.29, 1.82) is 0 Å². The van der Waals surface area contributed by atoms with Crippen molar-refractivity contribution in [2.45, 2.75) is 38.9 Å². The van der Waals surface area contributed by atoms with Crippen molar-refractivity contribution in [1.82, 2.24) is 15.1 Å². The molecule has 3 amide bonds. The van der Waals surface area contributed by atoms with Crippen molar-refractivity contribution in [3.05, 3.63) is 71.3 Å². The van der Waals surface area contributed by atoms with Crippen LogP contribution in [0, 0.1) is 0 Å². The number of rotatable bonds is 6. The lowest BCUT2D eigenvalue weighted by atomic mass is 10.1. The molecular formula is C22H27N3O2. The number of nitrogens with one attached hydrogen (secondary N) is 1. The Kier molecular flexibility index (Phi) is 6.12. The molecule has 5 nitrogen and oxygen atoms in total. The van der Waals surface area contributed by atoms with Crippen molar-refractivity contribution < 1.29 is 9.59 Å². The van der Waals surface area contributed by atoms with Gasteiger partial charge in [0.05, 0.1) is 6.04 Å². The maximum atomic E-state index is 12.6. The van der Waals surface area contributed by atoms with Gasteiger partial charge in [0, 0.05) is 33.1 Å². The summed E-state index contributed by atoms with van der Waals surface area (Å²) in [6.07, 6.45) is 1.57. The minimum atomic E-state index is -0.113. The van der Waals surface area contributed by atoms with E-state index in [0.29, 0.717) is 19.5 Å². The van der Waals surface area contributed by atoms with Gasteiger partial charge < -0.3 is 15.1 Å². The van der Waals surface area contributed by atoms with E-state index in [1.807, 2.05) is 73.5 Å². The highest BCUT2D eigenvalue weighted by atomic mass is 16.2. The smallest absolute Gasteiger partial charge is 0.317 e. The van der Waals surface area contributed by atoms with Gasteiger partial charge in [0.2, 0.25) is 5.91 Å². The highest BCUT2D eigenvalue weighted by molar-refractivity contribution is 5.78. The van der Waals surface area contributed by atoms with Crippen LogP contribution < -0.4 is 5.32 Å². The van der Waals surface area contributed by atoms with E-state index in [0.717, 1.165) is 29.7 Å². The number of carbonyl (C=O) groups excluding carboxylic acids is 2. The number of amides is 3. The Morgan fingerprint density at radius 1 is 1.11 bits per heavy atom. The zero-order chi connectivity index (χ0) is 19.2. The summed E-state index contributed by atoms with van der Waals surface area (Å²) in [6, 6.07) is 17.8. The zero-order valence-corrected chi connectivity index (χ0v) is 16.0. The summed E-state index contributed by atoms with van der Waals surface area (Å²) >= 11 is 0. The van der Waals surface area contributed by atoms with Gasteiger partial charge >= 0.3 is 6.03 Å². The van der Waals surface area contributed by atoms with Gasteiger partial charge in [-0.25, -0.2) is 4.79 Å². The number of likely N-dealkylation sites (tertiary alicyclic amines) is 1. The lowest BCUT2D eigenvalue weighted by Gasteiger charge is -2.26. The summed E-state index contributed by atoms with van der Waals surface area (Å²) < 4.78 is 0. The third-order valence-electron chi connectivity index (χ3n) is 5.26. The maximum absolute atomic E-state index is 12.6. The second-order valence-electron chi connectivity index (χ2n) is 7.04. The summed E-state index contributed by atoms with van der Waals surface area (Å²) in [4.78, 5) is 28.1. The molecule has 0 unspecified atom stereocenters. The predicted octanol–water partition coefficient (Wildman–Crippen LogP) is 3.71. The summed E-state index contributed by atoms with van der Waals surface area (Å²) in [5.41, 5.74) is 3.24. The molecule has 2 aromatic carbocycles. The average molecular weight is 365 g/mol. The number of benzene rings is 2. The Labute approximate surface area is 161 Å². The molecule has 1 fully saturated rings. The lowest BCUT2D eigenvalue weighted by Crippen LogP contribution is -2.38. The molecule has 1 aliphatic rings.